The molecule has 0 radical (unpaired) electrons. The van der Waals surface area contributed by atoms with Crippen LogP contribution >= 0.6 is 0 Å². The normalized spacial score (nSPS) is 21.9. The predicted molar refractivity (Wildman–Crippen MR) is 94.8 cm³/mol. The van der Waals surface area contributed by atoms with E-state index in [1.54, 1.807) is 23.1 Å². The van der Waals surface area contributed by atoms with Gasteiger partial charge in [-0.1, -0.05) is 18.2 Å². The lowest BCUT2D eigenvalue weighted by atomic mass is 9.94. The smallest absolute Gasteiger partial charge is 0.410 e. The Bertz CT molecular complexity index is 692. The Kier molecular flexibility index (Phi) is 5.08. The number of hydrogen-bond donors (Lipinski definition) is 0. The number of rotatable bonds is 4. The van der Waals surface area contributed by atoms with E-state index in [-0.39, 0.29) is 37.0 Å². The molecule has 1 aromatic rings. The van der Waals surface area contributed by atoms with Crippen LogP contribution in [-0.2, 0) is 10.2 Å². The van der Waals surface area contributed by atoms with Gasteiger partial charge in [-0.15, -0.1) is 0 Å². The van der Waals surface area contributed by atoms with Gasteiger partial charge in [0.25, 0.3) is 0 Å². The van der Waals surface area contributed by atoms with E-state index >= 15 is 0 Å². The number of alkyl halides is 3. The number of carbonyl (C=O) groups excluding carboxylic acids is 1. The van der Waals surface area contributed by atoms with Crippen molar-refractivity contribution in [1.29, 1.82) is 0 Å². The number of ether oxygens (including phenoxy) is 2. The highest BCUT2D eigenvalue weighted by Crippen LogP contribution is 2.60. The summed E-state index contributed by atoms with van der Waals surface area (Å²) in [6.45, 7) is 6.77. The lowest BCUT2D eigenvalue weighted by Gasteiger charge is -2.25. The molecular formula is C20H26F3NO3. The maximum atomic E-state index is 13.5. The number of benzene rings is 1. The summed E-state index contributed by atoms with van der Waals surface area (Å²) in [4.78, 5) is 13.8. The second-order valence-electron chi connectivity index (χ2n) is 8.47. The van der Waals surface area contributed by atoms with Gasteiger partial charge in [-0.25, -0.2) is 4.79 Å². The molecule has 7 heteroatoms. The van der Waals surface area contributed by atoms with Crippen molar-refractivity contribution >= 4 is 6.09 Å². The molecule has 2 aliphatic rings. The van der Waals surface area contributed by atoms with Gasteiger partial charge in [0.15, 0.2) is 0 Å². The molecule has 0 aromatic heterocycles. The van der Waals surface area contributed by atoms with Crippen LogP contribution in [0.1, 0.15) is 45.6 Å². The predicted octanol–water partition coefficient (Wildman–Crippen LogP) is 4.92. The van der Waals surface area contributed by atoms with Crippen LogP contribution in [0.15, 0.2) is 24.3 Å². The van der Waals surface area contributed by atoms with Crippen LogP contribution in [0.4, 0.5) is 18.0 Å². The van der Waals surface area contributed by atoms with Crippen LogP contribution in [0, 0.1) is 5.92 Å². The fraction of sp³-hybridized carbons (Fsp3) is 0.650. The highest BCUT2D eigenvalue weighted by atomic mass is 19.4. The Labute approximate surface area is 157 Å². The third-order valence-corrected chi connectivity index (χ3v) is 5.11. The fourth-order valence-corrected chi connectivity index (χ4v) is 3.49. The van der Waals surface area contributed by atoms with Gasteiger partial charge in [0.2, 0.25) is 0 Å². The second kappa shape index (κ2) is 6.91. The Morgan fingerprint density at radius 2 is 1.89 bits per heavy atom. The standard InChI is InChI=1S/C20H26F3NO3/c1-18(2,3)27-17(25)24-11-8-14(12-24)13-26-16-7-5-4-6-15(16)19(9-10-19)20(21,22)23/h4-7,14H,8-13H2,1-3H3. The van der Waals surface area contributed by atoms with E-state index in [0.717, 1.165) is 6.42 Å². The zero-order chi connectivity index (χ0) is 19.9. The minimum Gasteiger partial charge on any atom is -0.493 e. The number of para-hydroxylation sites is 1. The highest BCUT2D eigenvalue weighted by Gasteiger charge is 2.65. The minimum atomic E-state index is -4.27. The van der Waals surface area contributed by atoms with Gasteiger partial charge in [0, 0.05) is 24.6 Å². The van der Waals surface area contributed by atoms with Crippen molar-refractivity contribution in [2.75, 3.05) is 19.7 Å². The number of carbonyl (C=O) groups is 1. The average Bonchev–Trinajstić information content (AvgIpc) is 3.24. The lowest BCUT2D eigenvalue weighted by Crippen LogP contribution is -2.35. The van der Waals surface area contributed by atoms with E-state index in [0.29, 0.717) is 18.8 Å². The van der Waals surface area contributed by atoms with E-state index in [4.69, 9.17) is 9.47 Å². The molecule has 1 aliphatic heterocycles. The summed E-state index contributed by atoms with van der Waals surface area (Å²) in [5, 5.41) is 0. The number of hydrogen-bond acceptors (Lipinski definition) is 3. The molecule has 27 heavy (non-hydrogen) atoms. The maximum Gasteiger partial charge on any atom is 0.410 e. The number of amides is 1. The Balaban J connectivity index is 1.60. The summed E-state index contributed by atoms with van der Waals surface area (Å²) in [5.74, 6) is 0.370. The average molecular weight is 385 g/mol. The monoisotopic (exact) mass is 385 g/mol. The van der Waals surface area contributed by atoms with Crippen LogP contribution in [0.25, 0.3) is 0 Å². The van der Waals surface area contributed by atoms with Gasteiger partial charge >= 0.3 is 12.3 Å². The van der Waals surface area contributed by atoms with E-state index in [9.17, 15) is 18.0 Å². The molecule has 1 saturated heterocycles. The molecule has 1 aliphatic carbocycles. The van der Waals surface area contributed by atoms with Crippen molar-refractivity contribution in [3.05, 3.63) is 29.8 Å². The fourth-order valence-electron chi connectivity index (χ4n) is 3.49. The molecule has 1 aromatic carbocycles. The molecule has 150 valence electrons. The Morgan fingerprint density at radius 1 is 1.22 bits per heavy atom. The zero-order valence-electron chi connectivity index (χ0n) is 15.9. The molecule has 1 amide bonds. The van der Waals surface area contributed by atoms with Crippen molar-refractivity contribution in [2.24, 2.45) is 5.92 Å². The van der Waals surface area contributed by atoms with Gasteiger partial charge in [0.1, 0.15) is 11.4 Å². The van der Waals surface area contributed by atoms with E-state index in [2.05, 4.69) is 0 Å². The molecule has 1 unspecified atom stereocenters. The molecule has 3 rings (SSSR count). The largest absolute Gasteiger partial charge is 0.493 e. The molecule has 0 N–H and O–H groups in total. The quantitative estimate of drug-likeness (QED) is 0.739. The summed E-state index contributed by atoms with van der Waals surface area (Å²) in [7, 11) is 0. The summed E-state index contributed by atoms with van der Waals surface area (Å²) in [6.07, 6.45) is -3.68. The molecule has 0 spiro atoms. The van der Waals surface area contributed by atoms with Gasteiger partial charge in [0.05, 0.1) is 12.0 Å². The Hall–Kier alpha value is -1.92. The molecular weight excluding hydrogens is 359 g/mol. The first-order chi connectivity index (χ1) is 12.5. The second-order valence-corrected chi connectivity index (χ2v) is 8.47. The zero-order valence-corrected chi connectivity index (χ0v) is 15.9. The van der Waals surface area contributed by atoms with E-state index in [1.165, 1.54) is 6.07 Å². The molecule has 1 atom stereocenters. The molecule has 1 heterocycles. The van der Waals surface area contributed by atoms with Crippen molar-refractivity contribution < 1.29 is 27.4 Å². The van der Waals surface area contributed by atoms with Crippen molar-refractivity contribution in [3.8, 4) is 5.75 Å². The van der Waals surface area contributed by atoms with Gasteiger partial charge in [-0.2, -0.15) is 13.2 Å². The summed E-state index contributed by atoms with van der Waals surface area (Å²) >= 11 is 0. The van der Waals surface area contributed by atoms with E-state index in [1.807, 2.05) is 20.8 Å². The maximum absolute atomic E-state index is 13.5. The summed E-state index contributed by atoms with van der Waals surface area (Å²) < 4.78 is 51.5. The van der Waals surface area contributed by atoms with Crippen LogP contribution in [0.3, 0.4) is 0 Å². The summed E-state index contributed by atoms with van der Waals surface area (Å²) in [6, 6.07) is 6.42. The molecule has 1 saturated carbocycles. The topological polar surface area (TPSA) is 38.8 Å². The van der Waals surface area contributed by atoms with Gasteiger partial charge in [-0.3, -0.25) is 0 Å². The Morgan fingerprint density at radius 3 is 2.48 bits per heavy atom. The molecule has 4 nitrogen and oxygen atoms in total. The van der Waals surface area contributed by atoms with Crippen LogP contribution < -0.4 is 4.74 Å². The first-order valence-electron chi connectivity index (χ1n) is 9.29. The number of likely N-dealkylation sites (tertiary alicyclic amines) is 1. The first kappa shape index (κ1) is 19.8. The lowest BCUT2D eigenvalue weighted by molar-refractivity contribution is -0.161. The van der Waals surface area contributed by atoms with E-state index < -0.39 is 17.2 Å². The minimum absolute atomic E-state index is 0.0756. The van der Waals surface area contributed by atoms with Gasteiger partial charge < -0.3 is 14.4 Å². The van der Waals surface area contributed by atoms with Crippen molar-refractivity contribution in [2.45, 2.75) is 57.2 Å². The number of nitrogens with zero attached hydrogens (tertiary/aromatic N) is 1. The van der Waals surface area contributed by atoms with Gasteiger partial charge in [-0.05, 0) is 46.1 Å². The van der Waals surface area contributed by atoms with Crippen LogP contribution in [0.2, 0.25) is 0 Å². The molecule has 0 bridgehead atoms. The molecule has 2 fully saturated rings. The summed E-state index contributed by atoms with van der Waals surface area (Å²) in [5.41, 5.74) is -2.10. The van der Waals surface area contributed by atoms with Crippen molar-refractivity contribution in [1.82, 2.24) is 4.90 Å². The number of halogens is 3. The highest BCUT2D eigenvalue weighted by molar-refractivity contribution is 5.68. The van der Waals surface area contributed by atoms with Crippen LogP contribution in [0.5, 0.6) is 5.75 Å². The first-order valence-corrected chi connectivity index (χ1v) is 9.29. The SMILES string of the molecule is CC(C)(C)OC(=O)N1CCC(COc2ccccc2C2(C(F)(F)F)CC2)C1. The third kappa shape index (κ3) is 4.33. The third-order valence-electron chi connectivity index (χ3n) is 5.11. The van der Waals surface area contributed by atoms with Crippen LogP contribution in [-0.4, -0.2) is 42.5 Å². The van der Waals surface area contributed by atoms with Crippen molar-refractivity contribution in [3.63, 3.8) is 0 Å².